The molecule has 1 fully saturated rings. The standard InChI is InChI=1S/C24H24N2O3/c27-23(15-13-21-12-14-22(29-21)19-5-2-1-3-6-19)25-17-18-8-10-20(11-9-18)26-16-4-7-24(26)28/h1-3,5-6,8-12,14H,4,7,13,15-17H2,(H,25,27). The van der Waals surface area contributed by atoms with E-state index < -0.39 is 0 Å². The highest BCUT2D eigenvalue weighted by Gasteiger charge is 2.21. The van der Waals surface area contributed by atoms with Crippen molar-refractivity contribution >= 4 is 17.5 Å². The Morgan fingerprint density at radius 2 is 1.79 bits per heavy atom. The fraction of sp³-hybridized carbons (Fsp3) is 0.250. The number of rotatable bonds is 7. The van der Waals surface area contributed by atoms with Crippen LogP contribution < -0.4 is 10.2 Å². The van der Waals surface area contributed by atoms with E-state index in [1.807, 2.05) is 71.6 Å². The maximum absolute atomic E-state index is 12.2. The van der Waals surface area contributed by atoms with Crippen molar-refractivity contribution in [1.82, 2.24) is 5.32 Å². The van der Waals surface area contributed by atoms with Crippen LogP contribution in [0.15, 0.2) is 71.1 Å². The van der Waals surface area contributed by atoms with Crippen molar-refractivity contribution in [3.63, 3.8) is 0 Å². The maximum atomic E-state index is 12.2. The van der Waals surface area contributed by atoms with E-state index in [1.54, 1.807) is 0 Å². The summed E-state index contributed by atoms with van der Waals surface area (Å²) in [5.74, 6) is 1.79. The van der Waals surface area contributed by atoms with Crippen molar-refractivity contribution < 1.29 is 14.0 Å². The second-order valence-corrected chi connectivity index (χ2v) is 7.22. The highest BCUT2D eigenvalue weighted by Crippen LogP contribution is 2.23. The lowest BCUT2D eigenvalue weighted by atomic mass is 10.2. The molecule has 29 heavy (non-hydrogen) atoms. The Morgan fingerprint density at radius 3 is 2.52 bits per heavy atom. The summed E-state index contributed by atoms with van der Waals surface area (Å²) in [6.45, 7) is 1.26. The van der Waals surface area contributed by atoms with Crippen molar-refractivity contribution in [2.45, 2.75) is 32.2 Å². The number of furan rings is 1. The summed E-state index contributed by atoms with van der Waals surface area (Å²) in [6.07, 6.45) is 2.48. The number of anilines is 1. The molecule has 0 radical (unpaired) electrons. The first-order valence-electron chi connectivity index (χ1n) is 9.99. The predicted octanol–water partition coefficient (Wildman–Crippen LogP) is 4.32. The van der Waals surface area contributed by atoms with Gasteiger partial charge in [0.15, 0.2) is 0 Å². The fourth-order valence-corrected chi connectivity index (χ4v) is 3.51. The van der Waals surface area contributed by atoms with Crippen LogP contribution in [0.5, 0.6) is 0 Å². The van der Waals surface area contributed by atoms with Gasteiger partial charge in [0.1, 0.15) is 11.5 Å². The Kier molecular flexibility index (Phi) is 5.75. The molecular formula is C24H24N2O3. The van der Waals surface area contributed by atoms with E-state index in [-0.39, 0.29) is 11.8 Å². The molecule has 0 spiro atoms. The second-order valence-electron chi connectivity index (χ2n) is 7.22. The molecule has 0 atom stereocenters. The molecule has 2 aromatic carbocycles. The van der Waals surface area contributed by atoms with E-state index in [2.05, 4.69) is 5.32 Å². The van der Waals surface area contributed by atoms with Gasteiger partial charge in [-0.15, -0.1) is 0 Å². The van der Waals surface area contributed by atoms with Crippen molar-refractivity contribution in [2.75, 3.05) is 11.4 Å². The Balaban J connectivity index is 1.24. The van der Waals surface area contributed by atoms with E-state index in [4.69, 9.17) is 4.42 Å². The topological polar surface area (TPSA) is 62.6 Å². The largest absolute Gasteiger partial charge is 0.461 e. The number of amides is 2. The summed E-state index contributed by atoms with van der Waals surface area (Å²) in [5.41, 5.74) is 2.97. The molecule has 148 valence electrons. The summed E-state index contributed by atoms with van der Waals surface area (Å²) < 4.78 is 5.84. The van der Waals surface area contributed by atoms with Crippen molar-refractivity contribution in [3.05, 3.63) is 78.1 Å². The zero-order valence-corrected chi connectivity index (χ0v) is 16.3. The van der Waals surface area contributed by atoms with Gasteiger partial charge in [0.05, 0.1) is 0 Å². The fourth-order valence-electron chi connectivity index (χ4n) is 3.51. The van der Waals surface area contributed by atoms with Crippen LogP contribution in [-0.4, -0.2) is 18.4 Å². The number of carbonyl (C=O) groups excluding carboxylic acids is 2. The van der Waals surface area contributed by atoms with Gasteiger partial charge in [-0.3, -0.25) is 9.59 Å². The molecule has 1 aliphatic rings. The Morgan fingerprint density at radius 1 is 1.00 bits per heavy atom. The van der Waals surface area contributed by atoms with Gasteiger partial charge >= 0.3 is 0 Å². The van der Waals surface area contributed by atoms with Crippen LogP contribution in [0, 0.1) is 0 Å². The molecular weight excluding hydrogens is 364 g/mol. The third-order valence-corrected chi connectivity index (χ3v) is 5.13. The highest BCUT2D eigenvalue weighted by molar-refractivity contribution is 5.95. The second kappa shape index (κ2) is 8.78. The van der Waals surface area contributed by atoms with Gasteiger partial charge in [-0.2, -0.15) is 0 Å². The molecule has 2 amide bonds. The van der Waals surface area contributed by atoms with Crippen LogP contribution in [0.4, 0.5) is 5.69 Å². The van der Waals surface area contributed by atoms with Crippen molar-refractivity contribution in [1.29, 1.82) is 0 Å². The van der Waals surface area contributed by atoms with Gasteiger partial charge in [0, 0.05) is 43.6 Å². The number of hydrogen-bond acceptors (Lipinski definition) is 3. The summed E-state index contributed by atoms with van der Waals surface area (Å²) >= 11 is 0. The zero-order chi connectivity index (χ0) is 20.1. The molecule has 3 aromatic rings. The first kappa shape index (κ1) is 19.0. The summed E-state index contributed by atoms with van der Waals surface area (Å²) in [5, 5.41) is 2.94. The van der Waals surface area contributed by atoms with E-state index in [9.17, 15) is 9.59 Å². The normalized spacial score (nSPS) is 13.7. The zero-order valence-electron chi connectivity index (χ0n) is 16.3. The average molecular weight is 388 g/mol. The third kappa shape index (κ3) is 4.74. The summed E-state index contributed by atoms with van der Waals surface area (Å²) in [4.78, 5) is 25.8. The van der Waals surface area contributed by atoms with Crippen LogP contribution in [0.25, 0.3) is 11.3 Å². The first-order valence-corrected chi connectivity index (χ1v) is 9.99. The number of nitrogens with one attached hydrogen (secondary N) is 1. The molecule has 5 heteroatoms. The van der Waals surface area contributed by atoms with Gasteiger partial charge in [0.2, 0.25) is 11.8 Å². The smallest absolute Gasteiger partial charge is 0.227 e. The van der Waals surface area contributed by atoms with Gasteiger partial charge in [-0.1, -0.05) is 42.5 Å². The Hall–Kier alpha value is -3.34. The molecule has 0 saturated carbocycles. The minimum Gasteiger partial charge on any atom is -0.461 e. The van der Waals surface area contributed by atoms with Crippen molar-refractivity contribution in [3.8, 4) is 11.3 Å². The number of aryl methyl sites for hydroxylation is 1. The maximum Gasteiger partial charge on any atom is 0.227 e. The van der Waals surface area contributed by atoms with E-state index in [1.165, 1.54) is 0 Å². The lowest BCUT2D eigenvalue weighted by Crippen LogP contribution is -2.24. The number of nitrogens with zero attached hydrogens (tertiary/aromatic N) is 1. The molecule has 4 rings (SSSR count). The Bertz CT molecular complexity index is 977. The molecule has 1 aliphatic heterocycles. The molecule has 5 nitrogen and oxygen atoms in total. The van der Waals surface area contributed by atoms with E-state index >= 15 is 0 Å². The molecule has 0 aliphatic carbocycles. The van der Waals surface area contributed by atoms with Crippen molar-refractivity contribution in [2.24, 2.45) is 0 Å². The van der Waals surface area contributed by atoms with Gasteiger partial charge in [0.25, 0.3) is 0 Å². The first-order chi connectivity index (χ1) is 14.2. The molecule has 1 saturated heterocycles. The lowest BCUT2D eigenvalue weighted by molar-refractivity contribution is -0.121. The average Bonchev–Trinajstić information content (AvgIpc) is 3.41. The van der Waals surface area contributed by atoms with E-state index in [0.29, 0.717) is 25.8 Å². The van der Waals surface area contributed by atoms with Crippen LogP contribution in [-0.2, 0) is 22.6 Å². The molecule has 0 unspecified atom stereocenters. The SMILES string of the molecule is O=C(CCc1ccc(-c2ccccc2)o1)NCc1ccc(N2CCCC2=O)cc1. The Labute approximate surface area is 170 Å². The molecule has 2 heterocycles. The van der Waals surface area contributed by atoms with Gasteiger partial charge < -0.3 is 14.6 Å². The summed E-state index contributed by atoms with van der Waals surface area (Å²) in [6, 6.07) is 21.6. The lowest BCUT2D eigenvalue weighted by Gasteiger charge is -2.16. The third-order valence-electron chi connectivity index (χ3n) is 5.13. The molecule has 0 bridgehead atoms. The van der Waals surface area contributed by atoms with Crippen LogP contribution in [0.1, 0.15) is 30.6 Å². The minimum absolute atomic E-state index is 0.0125. The number of carbonyl (C=O) groups is 2. The van der Waals surface area contributed by atoms with E-state index in [0.717, 1.165) is 41.3 Å². The number of hydrogen-bond donors (Lipinski definition) is 1. The summed E-state index contributed by atoms with van der Waals surface area (Å²) in [7, 11) is 0. The van der Waals surface area contributed by atoms with Crippen LogP contribution in [0.2, 0.25) is 0 Å². The van der Waals surface area contributed by atoms with Gasteiger partial charge in [-0.25, -0.2) is 0 Å². The molecule has 1 N–H and O–H groups in total. The molecule has 1 aromatic heterocycles. The monoisotopic (exact) mass is 388 g/mol. The highest BCUT2D eigenvalue weighted by atomic mass is 16.3. The van der Waals surface area contributed by atoms with Gasteiger partial charge in [-0.05, 0) is 36.2 Å². The quantitative estimate of drug-likeness (QED) is 0.656. The number of benzene rings is 2. The minimum atomic E-state index is -0.0125. The van der Waals surface area contributed by atoms with Crippen LogP contribution in [0.3, 0.4) is 0 Å². The van der Waals surface area contributed by atoms with Crippen LogP contribution >= 0.6 is 0 Å². The predicted molar refractivity (Wildman–Crippen MR) is 112 cm³/mol.